The van der Waals surface area contributed by atoms with Crippen molar-refractivity contribution < 1.29 is 9.53 Å². The summed E-state index contributed by atoms with van der Waals surface area (Å²) in [5.74, 6) is 1.77. The van der Waals surface area contributed by atoms with E-state index in [9.17, 15) is 4.79 Å². The molecule has 4 nitrogen and oxygen atoms in total. The summed E-state index contributed by atoms with van der Waals surface area (Å²) in [7, 11) is 0. The van der Waals surface area contributed by atoms with Crippen LogP contribution in [0.3, 0.4) is 0 Å². The fraction of sp³-hybridized carbons (Fsp3) is 0.409. The Morgan fingerprint density at radius 2 is 1.81 bits per heavy atom. The van der Waals surface area contributed by atoms with Crippen LogP contribution in [0.2, 0.25) is 0 Å². The van der Waals surface area contributed by atoms with Crippen molar-refractivity contribution in [3.63, 3.8) is 0 Å². The van der Waals surface area contributed by atoms with Gasteiger partial charge in [0.25, 0.3) is 0 Å². The molecule has 3 rings (SSSR count). The van der Waals surface area contributed by atoms with Gasteiger partial charge in [-0.15, -0.1) is 12.4 Å². The largest absolute Gasteiger partial charge is 0.494 e. The summed E-state index contributed by atoms with van der Waals surface area (Å²) in [6.45, 7) is 4.78. The van der Waals surface area contributed by atoms with Crippen LogP contribution in [0.15, 0.2) is 54.6 Å². The number of amides is 1. The SMILES string of the molecule is CCOc1ccc(CCC(=O)N2C[C@@H](CN)[C@H](c3ccccc3)C2)cc1.Cl. The van der Waals surface area contributed by atoms with Gasteiger partial charge < -0.3 is 15.4 Å². The van der Waals surface area contributed by atoms with Crippen molar-refractivity contribution in [3.8, 4) is 5.75 Å². The second-order valence-corrected chi connectivity index (χ2v) is 6.89. The number of halogens is 1. The number of rotatable bonds is 7. The lowest BCUT2D eigenvalue weighted by molar-refractivity contribution is -0.130. The fourth-order valence-electron chi connectivity index (χ4n) is 3.72. The Morgan fingerprint density at radius 3 is 2.44 bits per heavy atom. The molecule has 0 spiro atoms. The molecule has 27 heavy (non-hydrogen) atoms. The highest BCUT2D eigenvalue weighted by Crippen LogP contribution is 2.32. The van der Waals surface area contributed by atoms with Gasteiger partial charge in [-0.2, -0.15) is 0 Å². The minimum absolute atomic E-state index is 0. The minimum Gasteiger partial charge on any atom is -0.494 e. The van der Waals surface area contributed by atoms with Crippen LogP contribution < -0.4 is 10.5 Å². The lowest BCUT2D eigenvalue weighted by Gasteiger charge is -2.17. The van der Waals surface area contributed by atoms with Crippen molar-refractivity contribution >= 4 is 18.3 Å². The van der Waals surface area contributed by atoms with Crippen LogP contribution in [0.1, 0.15) is 30.4 Å². The van der Waals surface area contributed by atoms with Crippen LogP contribution in [0.4, 0.5) is 0 Å². The third-order valence-corrected chi connectivity index (χ3v) is 5.19. The molecule has 0 aromatic heterocycles. The molecule has 2 aromatic carbocycles. The van der Waals surface area contributed by atoms with Gasteiger partial charge in [-0.25, -0.2) is 0 Å². The molecule has 1 aliphatic heterocycles. The first-order valence-corrected chi connectivity index (χ1v) is 9.45. The molecule has 1 aliphatic rings. The molecule has 5 heteroatoms. The predicted molar refractivity (Wildman–Crippen MR) is 111 cm³/mol. The maximum atomic E-state index is 12.7. The van der Waals surface area contributed by atoms with Gasteiger partial charge in [-0.1, -0.05) is 42.5 Å². The van der Waals surface area contributed by atoms with Crippen molar-refractivity contribution in [1.82, 2.24) is 4.90 Å². The zero-order valence-corrected chi connectivity index (χ0v) is 16.7. The van der Waals surface area contributed by atoms with E-state index >= 15 is 0 Å². The zero-order valence-electron chi connectivity index (χ0n) is 15.8. The summed E-state index contributed by atoms with van der Waals surface area (Å²) in [5, 5.41) is 0. The first kappa shape index (κ1) is 21.3. The molecule has 0 bridgehead atoms. The molecule has 146 valence electrons. The third kappa shape index (κ3) is 5.47. The lowest BCUT2D eigenvalue weighted by atomic mass is 9.89. The van der Waals surface area contributed by atoms with Crippen molar-refractivity contribution in [2.75, 3.05) is 26.2 Å². The Hall–Kier alpha value is -2.04. The van der Waals surface area contributed by atoms with Crippen LogP contribution in [-0.2, 0) is 11.2 Å². The Morgan fingerprint density at radius 1 is 1.11 bits per heavy atom. The summed E-state index contributed by atoms with van der Waals surface area (Å²) in [6.07, 6.45) is 1.29. The maximum Gasteiger partial charge on any atom is 0.222 e. The number of benzene rings is 2. The molecule has 2 atom stereocenters. The second kappa shape index (κ2) is 10.3. The second-order valence-electron chi connectivity index (χ2n) is 6.89. The van der Waals surface area contributed by atoms with Gasteiger partial charge in [0, 0.05) is 25.4 Å². The van der Waals surface area contributed by atoms with E-state index in [2.05, 4.69) is 24.3 Å². The Kier molecular flexibility index (Phi) is 8.14. The zero-order chi connectivity index (χ0) is 18.4. The normalized spacial score (nSPS) is 18.8. The smallest absolute Gasteiger partial charge is 0.222 e. The summed E-state index contributed by atoms with van der Waals surface area (Å²) >= 11 is 0. The van der Waals surface area contributed by atoms with E-state index in [1.165, 1.54) is 5.56 Å². The number of nitrogens with zero attached hydrogens (tertiary/aromatic N) is 1. The van der Waals surface area contributed by atoms with Gasteiger partial charge in [0.2, 0.25) is 5.91 Å². The molecule has 0 saturated carbocycles. The molecular formula is C22H29ClN2O2. The number of likely N-dealkylation sites (tertiary alicyclic amines) is 1. The van der Waals surface area contributed by atoms with E-state index in [0.717, 1.165) is 30.8 Å². The number of ether oxygens (including phenoxy) is 1. The van der Waals surface area contributed by atoms with E-state index in [0.29, 0.717) is 31.4 Å². The van der Waals surface area contributed by atoms with Crippen molar-refractivity contribution in [2.24, 2.45) is 11.7 Å². The minimum atomic E-state index is 0. The number of hydrogen-bond donors (Lipinski definition) is 1. The maximum absolute atomic E-state index is 12.7. The van der Waals surface area contributed by atoms with E-state index in [1.807, 2.05) is 42.2 Å². The van der Waals surface area contributed by atoms with E-state index in [4.69, 9.17) is 10.5 Å². The van der Waals surface area contributed by atoms with Gasteiger partial charge in [-0.05, 0) is 49.1 Å². The molecule has 0 unspecified atom stereocenters. The molecule has 1 saturated heterocycles. The first-order valence-electron chi connectivity index (χ1n) is 9.45. The number of carbonyl (C=O) groups excluding carboxylic acids is 1. The fourth-order valence-corrected chi connectivity index (χ4v) is 3.72. The standard InChI is InChI=1S/C22H28N2O2.ClH/c1-2-26-20-11-8-17(9-12-20)10-13-22(25)24-15-19(14-23)21(16-24)18-6-4-3-5-7-18;/h3-9,11-12,19,21H,2,10,13-16,23H2,1H3;1H/t19-,21+;/m1./s1. The van der Waals surface area contributed by atoms with Gasteiger partial charge in [0.15, 0.2) is 0 Å². The average Bonchev–Trinajstić information content (AvgIpc) is 3.13. The summed E-state index contributed by atoms with van der Waals surface area (Å²) < 4.78 is 5.46. The van der Waals surface area contributed by atoms with Gasteiger partial charge in [-0.3, -0.25) is 4.79 Å². The van der Waals surface area contributed by atoms with Crippen molar-refractivity contribution in [3.05, 3.63) is 65.7 Å². The molecule has 1 amide bonds. The van der Waals surface area contributed by atoms with Gasteiger partial charge >= 0.3 is 0 Å². The average molecular weight is 389 g/mol. The molecule has 1 heterocycles. The van der Waals surface area contributed by atoms with Crippen LogP contribution in [-0.4, -0.2) is 37.0 Å². The number of carbonyl (C=O) groups is 1. The highest BCUT2D eigenvalue weighted by atomic mass is 35.5. The van der Waals surface area contributed by atoms with Crippen LogP contribution in [0.25, 0.3) is 0 Å². The molecule has 0 aliphatic carbocycles. The van der Waals surface area contributed by atoms with E-state index < -0.39 is 0 Å². The van der Waals surface area contributed by atoms with Crippen LogP contribution in [0.5, 0.6) is 5.75 Å². The lowest BCUT2D eigenvalue weighted by Crippen LogP contribution is -2.30. The summed E-state index contributed by atoms with van der Waals surface area (Å²) in [4.78, 5) is 14.7. The van der Waals surface area contributed by atoms with Crippen LogP contribution >= 0.6 is 12.4 Å². The van der Waals surface area contributed by atoms with Gasteiger partial charge in [0.1, 0.15) is 5.75 Å². The number of nitrogens with two attached hydrogens (primary N) is 1. The van der Waals surface area contributed by atoms with Crippen LogP contribution in [0, 0.1) is 5.92 Å². The summed E-state index contributed by atoms with van der Waals surface area (Å²) in [6, 6.07) is 18.4. The van der Waals surface area contributed by atoms with Crippen molar-refractivity contribution in [2.45, 2.75) is 25.7 Å². The van der Waals surface area contributed by atoms with Crippen molar-refractivity contribution in [1.29, 1.82) is 0 Å². The van der Waals surface area contributed by atoms with Gasteiger partial charge in [0.05, 0.1) is 6.61 Å². The highest BCUT2D eigenvalue weighted by Gasteiger charge is 2.34. The van der Waals surface area contributed by atoms with E-state index in [-0.39, 0.29) is 18.3 Å². The molecular weight excluding hydrogens is 360 g/mol. The molecule has 2 aromatic rings. The first-order chi connectivity index (χ1) is 12.7. The number of hydrogen-bond acceptors (Lipinski definition) is 3. The third-order valence-electron chi connectivity index (χ3n) is 5.19. The van der Waals surface area contributed by atoms with E-state index in [1.54, 1.807) is 0 Å². The molecule has 1 fully saturated rings. The Labute approximate surface area is 168 Å². The number of aryl methyl sites for hydroxylation is 1. The molecule has 2 N–H and O–H groups in total. The monoisotopic (exact) mass is 388 g/mol. The predicted octanol–water partition coefficient (Wildman–Crippen LogP) is 3.64. The quantitative estimate of drug-likeness (QED) is 0.787. The molecule has 0 radical (unpaired) electrons. The topological polar surface area (TPSA) is 55.6 Å². The Balaban J connectivity index is 0.00000261. The summed E-state index contributed by atoms with van der Waals surface area (Å²) in [5.41, 5.74) is 8.42. The Bertz CT molecular complexity index is 706. The highest BCUT2D eigenvalue weighted by molar-refractivity contribution is 5.85.